The van der Waals surface area contributed by atoms with Crippen molar-refractivity contribution >= 4 is 17.7 Å². The lowest BCUT2D eigenvalue weighted by atomic mass is 9.94. The standard InChI is InChI=1S/C13H19N3O2S/c1-9(2)16-13(11(17)18,10-4-5-10)8-19-12-14-6-3-7-15-12/h3,6-7,9-10,16H,4-5,8H2,1-2H3,(H,17,18). The van der Waals surface area contributed by atoms with Gasteiger partial charge in [0.05, 0.1) is 0 Å². The van der Waals surface area contributed by atoms with Crippen molar-refractivity contribution in [1.29, 1.82) is 0 Å². The molecule has 2 N–H and O–H groups in total. The van der Waals surface area contributed by atoms with E-state index in [1.807, 2.05) is 13.8 Å². The predicted molar refractivity (Wildman–Crippen MR) is 74.1 cm³/mol. The molecular weight excluding hydrogens is 262 g/mol. The minimum absolute atomic E-state index is 0.133. The van der Waals surface area contributed by atoms with E-state index in [1.54, 1.807) is 18.5 Å². The summed E-state index contributed by atoms with van der Waals surface area (Å²) in [6, 6.07) is 1.89. The largest absolute Gasteiger partial charge is 0.480 e. The average molecular weight is 281 g/mol. The van der Waals surface area contributed by atoms with Crippen LogP contribution < -0.4 is 5.32 Å². The van der Waals surface area contributed by atoms with Crippen LogP contribution in [0.2, 0.25) is 0 Å². The van der Waals surface area contributed by atoms with E-state index >= 15 is 0 Å². The molecule has 1 saturated carbocycles. The Morgan fingerprint density at radius 3 is 2.63 bits per heavy atom. The Kier molecular flexibility index (Phi) is 4.42. The van der Waals surface area contributed by atoms with Crippen molar-refractivity contribution in [3.05, 3.63) is 18.5 Å². The van der Waals surface area contributed by atoms with Crippen LogP contribution in [0.5, 0.6) is 0 Å². The van der Waals surface area contributed by atoms with Gasteiger partial charge >= 0.3 is 5.97 Å². The topological polar surface area (TPSA) is 75.1 Å². The SMILES string of the molecule is CC(C)NC(CSc1ncccn1)(C(=O)O)C1CC1. The van der Waals surface area contributed by atoms with Gasteiger partial charge in [0.1, 0.15) is 5.54 Å². The molecule has 1 unspecified atom stereocenters. The fourth-order valence-corrected chi connectivity index (χ4v) is 3.28. The zero-order valence-corrected chi connectivity index (χ0v) is 12.0. The Balaban J connectivity index is 2.11. The highest BCUT2D eigenvalue weighted by Crippen LogP contribution is 2.42. The van der Waals surface area contributed by atoms with E-state index in [0.29, 0.717) is 10.9 Å². The van der Waals surface area contributed by atoms with Gasteiger partial charge in [-0.25, -0.2) is 9.97 Å². The second kappa shape index (κ2) is 5.88. The van der Waals surface area contributed by atoms with Crippen LogP contribution in [0.1, 0.15) is 26.7 Å². The number of carboxylic acid groups (broad SMARTS) is 1. The van der Waals surface area contributed by atoms with Gasteiger partial charge in [-0.1, -0.05) is 11.8 Å². The molecule has 1 fully saturated rings. The summed E-state index contributed by atoms with van der Waals surface area (Å²) < 4.78 is 0. The van der Waals surface area contributed by atoms with Crippen LogP contribution in [-0.2, 0) is 4.79 Å². The van der Waals surface area contributed by atoms with E-state index in [2.05, 4.69) is 15.3 Å². The molecule has 1 aromatic heterocycles. The van der Waals surface area contributed by atoms with Crippen LogP contribution in [0.3, 0.4) is 0 Å². The lowest BCUT2D eigenvalue weighted by Crippen LogP contribution is -2.58. The maximum Gasteiger partial charge on any atom is 0.325 e. The zero-order chi connectivity index (χ0) is 13.9. The molecule has 1 aromatic rings. The molecule has 0 amide bonds. The monoisotopic (exact) mass is 281 g/mol. The molecule has 0 aliphatic heterocycles. The van der Waals surface area contributed by atoms with Crippen molar-refractivity contribution in [3.63, 3.8) is 0 Å². The number of nitrogens with zero attached hydrogens (tertiary/aromatic N) is 2. The molecule has 1 heterocycles. The number of carboxylic acids is 1. The van der Waals surface area contributed by atoms with Gasteiger partial charge in [0.15, 0.2) is 5.16 Å². The first kappa shape index (κ1) is 14.3. The predicted octanol–water partition coefficient (Wildman–Crippen LogP) is 1.80. The number of carbonyl (C=O) groups is 1. The molecule has 104 valence electrons. The van der Waals surface area contributed by atoms with Crippen LogP contribution in [0.4, 0.5) is 0 Å². The molecule has 1 aliphatic rings. The molecule has 1 atom stereocenters. The summed E-state index contributed by atoms with van der Waals surface area (Å²) in [5.41, 5.74) is -0.863. The van der Waals surface area contributed by atoms with Crippen LogP contribution in [0.25, 0.3) is 0 Å². The summed E-state index contributed by atoms with van der Waals surface area (Å²) in [5, 5.41) is 13.5. The number of aliphatic carboxylic acids is 1. The quantitative estimate of drug-likeness (QED) is 0.586. The fraction of sp³-hybridized carbons (Fsp3) is 0.615. The number of thioether (sulfide) groups is 1. The molecule has 1 aliphatic carbocycles. The van der Waals surface area contributed by atoms with E-state index < -0.39 is 11.5 Å². The van der Waals surface area contributed by atoms with Crippen molar-refractivity contribution in [2.24, 2.45) is 5.92 Å². The summed E-state index contributed by atoms with van der Waals surface area (Å²) in [6.45, 7) is 3.95. The highest BCUT2D eigenvalue weighted by atomic mass is 32.2. The van der Waals surface area contributed by atoms with Gasteiger partial charge in [0.25, 0.3) is 0 Å². The summed E-state index contributed by atoms with van der Waals surface area (Å²) in [6.07, 6.45) is 5.29. The fourth-order valence-electron chi connectivity index (χ4n) is 2.21. The van der Waals surface area contributed by atoms with Crippen molar-refractivity contribution in [2.45, 2.75) is 43.4 Å². The normalized spacial score (nSPS) is 18.3. The van der Waals surface area contributed by atoms with E-state index in [-0.39, 0.29) is 12.0 Å². The minimum Gasteiger partial charge on any atom is -0.480 e. The third-order valence-electron chi connectivity index (χ3n) is 3.17. The summed E-state index contributed by atoms with van der Waals surface area (Å²) in [4.78, 5) is 20.0. The van der Waals surface area contributed by atoms with E-state index in [1.165, 1.54) is 11.8 Å². The number of rotatable bonds is 7. The third-order valence-corrected chi connectivity index (χ3v) is 4.24. The van der Waals surface area contributed by atoms with E-state index in [0.717, 1.165) is 12.8 Å². The van der Waals surface area contributed by atoms with E-state index in [4.69, 9.17) is 0 Å². The van der Waals surface area contributed by atoms with Crippen molar-refractivity contribution in [1.82, 2.24) is 15.3 Å². The highest BCUT2D eigenvalue weighted by Gasteiger charge is 2.51. The maximum absolute atomic E-state index is 11.7. The summed E-state index contributed by atoms with van der Waals surface area (Å²) in [7, 11) is 0. The molecule has 6 heteroatoms. The van der Waals surface area contributed by atoms with Gasteiger partial charge in [-0.15, -0.1) is 0 Å². The molecule has 0 bridgehead atoms. The Bertz CT molecular complexity index is 437. The van der Waals surface area contributed by atoms with Gasteiger partial charge < -0.3 is 5.11 Å². The van der Waals surface area contributed by atoms with Crippen LogP contribution >= 0.6 is 11.8 Å². The first-order valence-electron chi connectivity index (χ1n) is 6.45. The minimum atomic E-state index is -0.863. The maximum atomic E-state index is 11.7. The molecule has 0 saturated heterocycles. The Morgan fingerprint density at radius 2 is 2.16 bits per heavy atom. The van der Waals surface area contributed by atoms with Crippen molar-refractivity contribution < 1.29 is 9.90 Å². The lowest BCUT2D eigenvalue weighted by Gasteiger charge is -2.32. The molecular formula is C13H19N3O2S. The Hall–Kier alpha value is -1.14. The van der Waals surface area contributed by atoms with Crippen molar-refractivity contribution in [3.8, 4) is 0 Å². The second-order valence-electron chi connectivity index (χ2n) is 5.17. The molecule has 19 heavy (non-hydrogen) atoms. The highest BCUT2D eigenvalue weighted by molar-refractivity contribution is 7.99. The average Bonchev–Trinajstić information content (AvgIpc) is 3.19. The Labute approximate surface area is 117 Å². The molecule has 5 nitrogen and oxygen atoms in total. The second-order valence-corrected chi connectivity index (χ2v) is 6.11. The number of aromatic nitrogens is 2. The smallest absolute Gasteiger partial charge is 0.325 e. The first-order valence-corrected chi connectivity index (χ1v) is 7.44. The zero-order valence-electron chi connectivity index (χ0n) is 11.2. The number of nitrogens with one attached hydrogen (secondary N) is 1. The lowest BCUT2D eigenvalue weighted by molar-refractivity contribution is -0.145. The third kappa shape index (κ3) is 3.45. The molecule has 0 spiro atoms. The van der Waals surface area contributed by atoms with E-state index in [9.17, 15) is 9.90 Å². The van der Waals surface area contributed by atoms with Gasteiger partial charge in [-0.3, -0.25) is 10.1 Å². The first-order chi connectivity index (χ1) is 9.04. The van der Waals surface area contributed by atoms with Gasteiger partial charge in [0, 0.05) is 24.2 Å². The van der Waals surface area contributed by atoms with Gasteiger partial charge in [-0.05, 0) is 38.7 Å². The molecule has 0 radical (unpaired) electrons. The summed E-state index contributed by atoms with van der Waals surface area (Å²) in [5.74, 6) is -0.106. The summed E-state index contributed by atoms with van der Waals surface area (Å²) >= 11 is 1.40. The van der Waals surface area contributed by atoms with Gasteiger partial charge in [0.2, 0.25) is 0 Å². The van der Waals surface area contributed by atoms with Gasteiger partial charge in [-0.2, -0.15) is 0 Å². The van der Waals surface area contributed by atoms with Crippen LogP contribution in [0, 0.1) is 5.92 Å². The molecule has 0 aromatic carbocycles. The van der Waals surface area contributed by atoms with Crippen LogP contribution in [-0.4, -0.2) is 38.4 Å². The van der Waals surface area contributed by atoms with Crippen LogP contribution in [0.15, 0.2) is 23.6 Å². The Morgan fingerprint density at radius 1 is 1.53 bits per heavy atom. The molecule has 2 rings (SSSR count). The number of hydrogen-bond donors (Lipinski definition) is 2. The number of hydrogen-bond acceptors (Lipinski definition) is 5. The van der Waals surface area contributed by atoms with Crippen molar-refractivity contribution in [2.75, 3.05) is 5.75 Å².